The molecule has 126 valence electrons. The minimum absolute atomic E-state index is 0.203. The molecule has 0 spiro atoms. The molecule has 1 aromatic heterocycles. The first-order valence-corrected chi connectivity index (χ1v) is 7.32. The fraction of sp³-hybridized carbons (Fsp3) is 0.235. The molecule has 0 aliphatic carbocycles. The highest BCUT2D eigenvalue weighted by atomic mass is 16.5. The number of nitrogens with one attached hydrogen (secondary N) is 2. The van der Waals surface area contributed by atoms with E-state index in [-0.39, 0.29) is 11.8 Å². The Morgan fingerprint density at radius 3 is 2.62 bits per heavy atom. The number of rotatable bonds is 6. The van der Waals surface area contributed by atoms with E-state index in [2.05, 4.69) is 15.6 Å². The Morgan fingerprint density at radius 1 is 1.21 bits per heavy atom. The molecule has 1 atom stereocenters. The van der Waals surface area contributed by atoms with Gasteiger partial charge in [0.1, 0.15) is 11.5 Å². The molecule has 7 nitrogen and oxygen atoms in total. The van der Waals surface area contributed by atoms with Gasteiger partial charge >= 0.3 is 0 Å². The van der Waals surface area contributed by atoms with Gasteiger partial charge in [0.15, 0.2) is 6.10 Å². The Morgan fingerprint density at radius 2 is 2.00 bits per heavy atom. The molecular weight excluding hydrogens is 310 g/mol. The predicted molar refractivity (Wildman–Crippen MR) is 90.3 cm³/mol. The fourth-order valence-corrected chi connectivity index (χ4v) is 2.00. The average molecular weight is 329 g/mol. The number of aromatic nitrogens is 1. The summed E-state index contributed by atoms with van der Waals surface area (Å²) in [6, 6.07) is 8.41. The van der Waals surface area contributed by atoms with Crippen LogP contribution in [0.3, 0.4) is 0 Å². The third kappa shape index (κ3) is 4.70. The van der Waals surface area contributed by atoms with Gasteiger partial charge in [0, 0.05) is 18.8 Å². The Hall–Kier alpha value is -3.09. The number of benzene rings is 1. The van der Waals surface area contributed by atoms with E-state index in [0.717, 1.165) is 0 Å². The van der Waals surface area contributed by atoms with Crippen molar-refractivity contribution in [3.63, 3.8) is 0 Å². The zero-order chi connectivity index (χ0) is 17.5. The van der Waals surface area contributed by atoms with Gasteiger partial charge in [0.25, 0.3) is 5.91 Å². The lowest BCUT2D eigenvalue weighted by molar-refractivity contribution is -0.122. The highest BCUT2D eigenvalue weighted by molar-refractivity contribution is 5.97. The number of hydrogen-bond acceptors (Lipinski definition) is 5. The van der Waals surface area contributed by atoms with Crippen LogP contribution in [-0.4, -0.2) is 30.0 Å². The van der Waals surface area contributed by atoms with Crippen molar-refractivity contribution in [3.05, 3.63) is 42.7 Å². The number of carbonyl (C=O) groups excluding carboxylic acids is 2. The van der Waals surface area contributed by atoms with Gasteiger partial charge in [-0.1, -0.05) is 0 Å². The molecule has 24 heavy (non-hydrogen) atoms. The molecule has 0 saturated heterocycles. The summed E-state index contributed by atoms with van der Waals surface area (Å²) in [6.07, 6.45) is 2.42. The lowest BCUT2D eigenvalue weighted by Crippen LogP contribution is -2.30. The monoisotopic (exact) mass is 329 g/mol. The molecule has 2 amide bonds. The van der Waals surface area contributed by atoms with E-state index in [0.29, 0.717) is 22.9 Å². The number of hydrogen-bond donors (Lipinski definition) is 2. The largest absolute Gasteiger partial charge is 0.495 e. The first kappa shape index (κ1) is 17.3. The smallest absolute Gasteiger partial charge is 0.265 e. The van der Waals surface area contributed by atoms with Gasteiger partial charge in [0.2, 0.25) is 5.91 Å². The van der Waals surface area contributed by atoms with Crippen LogP contribution >= 0.6 is 0 Å². The van der Waals surface area contributed by atoms with Crippen LogP contribution in [0, 0.1) is 0 Å². The van der Waals surface area contributed by atoms with Crippen LogP contribution < -0.4 is 20.1 Å². The normalized spacial score (nSPS) is 11.3. The highest BCUT2D eigenvalue weighted by Gasteiger charge is 2.17. The number of nitrogens with zero attached hydrogens (tertiary/aromatic N) is 1. The number of methoxy groups -OCH3 is 1. The first-order valence-electron chi connectivity index (χ1n) is 7.32. The van der Waals surface area contributed by atoms with E-state index in [1.54, 1.807) is 43.5 Å². The van der Waals surface area contributed by atoms with Gasteiger partial charge in [-0.2, -0.15) is 0 Å². The van der Waals surface area contributed by atoms with E-state index in [1.807, 2.05) is 0 Å². The standard InChI is InChI=1S/C17H19N3O4/c1-11(24-14-5-4-8-18-10-14)17(22)20-15-9-13(19-12(2)21)6-7-16(15)23-3/h4-11H,1-3H3,(H,19,21)(H,20,22)/t11-/m0/s1. The van der Waals surface area contributed by atoms with Gasteiger partial charge in [-0.05, 0) is 37.3 Å². The molecular formula is C17H19N3O4. The number of carbonyl (C=O) groups is 2. The molecule has 1 heterocycles. The van der Waals surface area contributed by atoms with Crippen molar-refractivity contribution in [3.8, 4) is 11.5 Å². The maximum atomic E-state index is 12.3. The fourth-order valence-electron chi connectivity index (χ4n) is 2.00. The van der Waals surface area contributed by atoms with E-state index in [4.69, 9.17) is 9.47 Å². The van der Waals surface area contributed by atoms with Crippen molar-refractivity contribution in [2.24, 2.45) is 0 Å². The summed E-state index contributed by atoms with van der Waals surface area (Å²) in [5.74, 6) is 0.424. The quantitative estimate of drug-likeness (QED) is 0.850. The summed E-state index contributed by atoms with van der Waals surface area (Å²) >= 11 is 0. The number of pyridine rings is 1. The summed E-state index contributed by atoms with van der Waals surface area (Å²) in [4.78, 5) is 27.4. The second kappa shape index (κ2) is 7.96. The van der Waals surface area contributed by atoms with E-state index in [9.17, 15) is 9.59 Å². The topological polar surface area (TPSA) is 89.6 Å². The minimum Gasteiger partial charge on any atom is -0.495 e. The van der Waals surface area contributed by atoms with Crippen LogP contribution in [0.2, 0.25) is 0 Å². The minimum atomic E-state index is -0.733. The van der Waals surface area contributed by atoms with Crippen molar-refractivity contribution in [1.29, 1.82) is 0 Å². The van der Waals surface area contributed by atoms with Crippen molar-refractivity contribution in [2.45, 2.75) is 20.0 Å². The van der Waals surface area contributed by atoms with Crippen molar-refractivity contribution < 1.29 is 19.1 Å². The predicted octanol–water partition coefficient (Wildman–Crippen LogP) is 2.45. The number of anilines is 2. The van der Waals surface area contributed by atoms with Crippen LogP contribution in [0.25, 0.3) is 0 Å². The highest BCUT2D eigenvalue weighted by Crippen LogP contribution is 2.28. The maximum Gasteiger partial charge on any atom is 0.265 e. The Labute approximate surface area is 140 Å². The molecule has 0 aliphatic heterocycles. The lowest BCUT2D eigenvalue weighted by atomic mass is 10.2. The van der Waals surface area contributed by atoms with E-state index >= 15 is 0 Å². The van der Waals surface area contributed by atoms with Gasteiger partial charge in [-0.3, -0.25) is 14.6 Å². The van der Waals surface area contributed by atoms with Crippen molar-refractivity contribution >= 4 is 23.2 Å². The summed E-state index contributed by atoms with van der Waals surface area (Å²) in [7, 11) is 1.50. The number of ether oxygens (including phenoxy) is 2. The summed E-state index contributed by atoms with van der Waals surface area (Å²) in [5.41, 5.74) is 0.995. The molecule has 0 radical (unpaired) electrons. The van der Waals surface area contributed by atoms with Crippen LogP contribution in [-0.2, 0) is 9.59 Å². The van der Waals surface area contributed by atoms with Gasteiger partial charge in [-0.15, -0.1) is 0 Å². The molecule has 0 aliphatic rings. The Kier molecular flexibility index (Phi) is 5.73. The summed E-state index contributed by atoms with van der Waals surface area (Å²) < 4.78 is 10.8. The molecule has 2 N–H and O–H groups in total. The molecule has 0 unspecified atom stereocenters. The molecule has 2 aromatic rings. The van der Waals surface area contributed by atoms with Gasteiger partial charge in [0.05, 0.1) is 19.0 Å². The third-order valence-corrected chi connectivity index (χ3v) is 3.09. The first-order chi connectivity index (χ1) is 11.5. The second-order valence-corrected chi connectivity index (χ2v) is 5.03. The lowest BCUT2D eigenvalue weighted by Gasteiger charge is -2.16. The molecule has 0 fully saturated rings. The van der Waals surface area contributed by atoms with Gasteiger partial charge < -0.3 is 20.1 Å². The Balaban J connectivity index is 2.10. The molecule has 7 heteroatoms. The van der Waals surface area contributed by atoms with E-state index < -0.39 is 6.10 Å². The third-order valence-electron chi connectivity index (χ3n) is 3.09. The van der Waals surface area contributed by atoms with Gasteiger partial charge in [-0.25, -0.2) is 0 Å². The van der Waals surface area contributed by atoms with Crippen LogP contribution in [0.1, 0.15) is 13.8 Å². The Bertz CT molecular complexity index is 719. The maximum absolute atomic E-state index is 12.3. The average Bonchev–Trinajstić information content (AvgIpc) is 2.55. The van der Waals surface area contributed by atoms with E-state index in [1.165, 1.54) is 20.2 Å². The van der Waals surface area contributed by atoms with Crippen LogP contribution in [0.5, 0.6) is 11.5 Å². The SMILES string of the molecule is COc1ccc(NC(C)=O)cc1NC(=O)[C@H](C)Oc1cccnc1. The zero-order valence-corrected chi connectivity index (χ0v) is 13.7. The molecule has 0 bridgehead atoms. The second-order valence-electron chi connectivity index (χ2n) is 5.03. The van der Waals surface area contributed by atoms with Crippen molar-refractivity contribution in [1.82, 2.24) is 4.98 Å². The summed E-state index contributed by atoms with van der Waals surface area (Å²) in [6.45, 7) is 3.04. The van der Waals surface area contributed by atoms with Crippen LogP contribution in [0.4, 0.5) is 11.4 Å². The van der Waals surface area contributed by atoms with Crippen LogP contribution in [0.15, 0.2) is 42.7 Å². The molecule has 2 rings (SSSR count). The van der Waals surface area contributed by atoms with Crippen molar-refractivity contribution in [2.75, 3.05) is 17.7 Å². The number of amides is 2. The molecule has 1 aromatic carbocycles. The molecule has 0 saturated carbocycles. The zero-order valence-electron chi connectivity index (χ0n) is 13.7. The summed E-state index contributed by atoms with van der Waals surface area (Å²) in [5, 5.41) is 5.39.